The largest absolute Gasteiger partial charge is 0.494 e. The van der Waals surface area contributed by atoms with Gasteiger partial charge in [0.25, 0.3) is 5.56 Å². The van der Waals surface area contributed by atoms with Crippen molar-refractivity contribution in [1.29, 1.82) is 0 Å². The lowest BCUT2D eigenvalue weighted by Gasteiger charge is -2.14. The molecule has 8 heteroatoms. The molecular weight excluding hydrogens is 360 g/mol. The number of rotatable bonds is 5. The molecule has 3 rings (SSSR count). The lowest BCUT2D eigenvalue weighted by atomic mass is 10.1. The number of fused-ring (bicyclic) bond motifs is 1. The van der Waals surface area contributed by atoms with Gasteiger partial charge < -0.3 is 10.1 Å². The third-order valence-corrected chi connectivity index (χ3v) is 4.52. The fraction of sp³-hybridized carbons (Fsp3) is 0.300. The van der Waals surface area contributed by atoms with E-state index >= 15 is 0 Å². The molecule has 0 bridgehead atoms. The first-order valence-corrected chi connectivity index (χ1v) is 8.90. The lowest BCUT2D eigenvalue weighted by Crippen LogP contribution is -2.38. The van der Waals surface area contributed by atoms with Crippen LogP contribution in [0.3, 0.4) is 0 Å². The monoisotopic (exact) mass is 382 g/mol. The van der Waals surface area contributed by atoms with Gasteiger partial charge in [0, 0.05) is 20.3 Å². The van der Waals surface area contributed by atoms with Gasteiger partial charge in [-0.1, -0.05) is 12.1 Å². The Bertz CT molecular complexity index is 1160. The first kappa shape index (κ1) is 19.3. The molecule has 0 radical (unpaired) electrons. The van der Waals surface area contributed by atoms with Gasteiger partial charge in [-0.2, -0.15) is 0 Å². The van der Waals surface area contributed by atoms with E-state index in [0.29, 0.717) is 17.9 Å². The van der Waals surface area contributed by atoms with Crippen LogP contribution in [0.1, 0.15) is 18.1 Å². The molecule has 1 amide bonds. The summed E-state index contributed by atoms with van der Waals surface area (Å²) in [6.07, 6.45) is 1.68. The number of ether oxygens (including phenoxy) is 1. The highest BCUT2D eigenvalue weighted by Crippen LogP contribution is 2.22. The fourth-order valence-corrected chi connectivity index (χ4v) is 3.02. The highest BCUT2D eigenvalue weighted by Gasteiger charge is 2.17. The number of aromatic nitrogens is 3. The minimum atomic E-state index is -0.495. The van der Waals surface area contributed by atoms with Crippen molar-refractivity contribution in [3.05, 3.63) is 62.4 Å². The minimum absolute atomic E-state index is 0.141. The molecule has 1 aromatic carbocycles. The third kappa shape index (κ3) is 3.53. The number of anilines is 1. The van der Waals surface area contributed by atoms with Crippen LogP contribution >= 0.6 is 0 Å². The number of aryl methyl sites for hydroxylation is 2. The van der Waals surface area contributed by atoms with Crippen LogP contribution in [0, 0.1) is 6.92 Å². The van der Waals surface area contributed by atoms with Crippen molar-refractivity contribution in [1.82, 2.24) is 14.1 Å². The Labute approximate surface area is 161 Å². The molecule has 0 saturated carbocycles. The van der Waals surface area contributed by atoms with Crippen LogP contribution in [0.5, 0.6) is 5.75 Å². The number of hydrogen-bond donors (Lipinski definition) is 1. The molecule has 0 aliphatic carbocycles. The van der Waals surface area contributed by atoms with Crippen LogP contribution < -0.4 is 21.3 Å². The number of pyridine rings is 1. The molecule has 146 valence electrons. The molecule has 0 aliphatic heterocycles. The lowest BCUT2D eigenvalue weighted by molar-refractivity contribution is -0.115. The maximum absolute atomic E-state index is 12.7. The zero-order valence-corrected chi connectivity index (χ0v) is 16.3. The van der Waals surface area contributed by atoms with Crippen molar-refractivity contribution in [2.24, 2.45) is 14.1 Å². The van der Waals surface area contributed by atoms with Gasteiger partial charge in [0.2, 0.25) is 5.91 Å². The maximum atomic E-state index is 12.7. The first-order valence-electron chi connectivity index (χ1n) is 8.90. The predicted molar refractivity (Wildman–Crippen MR) is 107 cm³/mol. The van der Waals surface area contributed by atoms with Crippen molar-refractivity contribution in [3.8, 4) is 5.75 Å². The molecular formula is C20H22N4O4. The highest BCUT2D eigenvalue weighted by atomic mass is 16.5. The van der Waals surface area contributed by atoms with Crippen molar-refractivity contribution >= 4 is 22.6 Å². The number of amides is 1. The molecule has 0 aliphatic rings. The second-order valence-corrected chi connectivity index (χ2v) is 6.52. The second-order valence-electron chi connectivity index (χ2n) is 6.52. The smallest absolute Gasteiger partial charge is 0.332 e. The molecule has 2 aromatic heterocycles. The Balaban J connectivity index is 1.95. The van der Waals surface area contributed by atoms with E-state index in [1.165, 1.54) is 24.9 Å². The Hall–Kier alpha value is -3.42. The number of nitrogens with one attached hydrogen (secondary N) is 1. The Kier molecular flexibility index (Phi) is 5.30. The normalized spacial score (nSPS) is 10.9. The summed E-state index contributed by atoms with van der Waals surface area (Å²) in [6, 6.07) is 7.27. The van der Waals surface area contributed by atoms with Crippen LogP contribution in [0.15, 0.2) is 40.1 Å². The van der Waals surface area contributed by atoms with Crippen LogP contribution in [0.4, 0.5) is 5.69 Å². The molecule has 8 nitrogen and oxygen atoms in total. The Morgan fingerprint density at radius 2 is 1.82 bits per heavy atom. The molecule has 28 heavy (non-hydrogen) atoms. The van der Waals surface area contributed by atoms with E-state index in [-0.39, 0.29) is 23.4 Å². The quantitative estimate of drug-likeness (QED) is 0.722. The summed E-state index contributed by atoms with van der Waals surface area (Å²) in [4.78, 5) is 41.6. The van der Waals surface area contributed by atoms with Gasteiger partial charge in [-0.15, -0.1) is 0 Å². The summed E-state index contributed by atoms with van der Waals surface area (Å²) in [7, 11) is 2.94. The van der Waals surface area contributed by atoms with Gasteiger partial charge in [0.15, 0.2) is 5.65 Å². The van der Waals surface area contributed by atoms with Gasteiger partial charge in [-0.25, -0.2) is 9.78 Å². The SMILES string of the molecule is CCOc1ccc(CC(=O)Nc2c(C)cnc3c2c(=O)n(C)c(=O)n3C)cc1. The van der Waals surface area contributed by atoms with E-state index in [9.17, 15) is 14.4 Å². The van der Waals surface area contributed by atoms with Crippen molar-refractivity contribution in [3.63, 3.8) is 0 Å². The number of benzene rings is 1. The van der Waals surface area contributed by atoms with E-state index in [4.69, 9.17) is 4.74 Å². The Morgan fingerprint density at radius 1 is 1.14 bits per heavy atom. The van der Waals surface area contributed by atoms with Crippen LogP contribution in [-0.4, -0.2) is 26.6 Å². The molecule has 0 fully saturated rings. The topological polar surface area (TPSA) is 95.2 Å². The van der Waals surface area contributed by atoms with E-state index in [0.717, 1.165) is 15.9 Å². The Morgan fingerprint density at radius 3 is 2.46 bits per heavy atom. The molecule has 3 aromatic rings. The standard InChI is InChI=1S/C20H22N4O4/c1-5-28-14-8-6-13(7-9-14)10-15(25)22-17-12(2)11-21-18-16(17)19(26)24(4)20(27)23(18)3/h6-9,11H,5,10H2,1-4H3,(H,21,22,25). The maximum Gasteiger partial charge on any atom is 0.332 e. The molecule has 0 unspecified atom stereocenters. The number of nitrogens with zero attached hydrogens (tertiary/aromatic N) is 3. The first-order chi connectivity index (χ1) is 13.3. The van der Waals surface area contributed by atoms with Crippen LogP contribution in [0.25, 0.3) is 11.0 Å². The summed E-state index contributed by atoms with van der Waals surface area (Å²) >= 11 is 0. The van der Waals surface area contributed by atoms with Crippen molar-refractivity contribution in [2.45, 2.75) is 20.3 Å². The zero-order valence-electron chi connectivity index (χ0n) is 16.3. The van der Waals surface area contributed by atoms with Crippen LogP contribution in [-0.2, 0) is 25.3 Å². The van der Waals surface area contributed by atoms with Gasteiger partial charge >= 0.3 is 5.69 Å². The average Bonchev–Trinajstić information content (AvgIpc) is 2.68. The second kappa shape index (κ2) is 7.67. The molecule has 0 atom stereocenters. The number of carbonyl (C=O) groups excluding carboxylic acids is 1. The fourth-order valence-electron chi connectivity index (χ4n) is 3.02. The summed E-state index contributed by atoms with van der Waals surface area (Å²) in [5.41, 5.74) is 1.10. The zero-order chi connectivity index (χ0) is 20.4. The summed E-state index contributed by atoms with van der Waals surface area (Å²) < 4.78 is 7.69. The van der Waals surface area contributed by atoms with Gasteiger partial charge in [0.1, 0.15) is 11.1 Å². The third-order valence-electron chi connectivity index (χ3n) is 4.52. The molecule has 2 heterocycles. The number of carbonyl (C=O) groups is 1. The van der Waals surface area contributed by atoms with E-state index in [1.54, 1.807) is 6.92 Å². The van der Waals surface area contributed by atoms with E-state index in [2.05, 4.69) is 10.3 Å². The van der Waals surface area contributed by atoms with Gasteiger partial charge in [0.05, 0.1) is 18.7 Å². The van der Waals surface area contributed by atoms with Crippen LogP contribution in [0.2, 0.25) is 0 Å². The molecule has 1 N–H and O–H groups in total. The summed E-state index contributed by atoms with van der Waals surface area (Å²) in [5.74, 6) is 0.475. The van der Waals surface area contributed by atoms with Crippen molar-refractivity contribution < 1.29 is 9.53 Å². The van der Waals surface area contributed by atoms with Gasteiger partial charge in [-0.05, 0) is 37.1 Å². The van der Waals surface area contributed by atoms with E-state index < -0.39 is 11.2 Å². The molecule has 0 spiro atoms. The highest BCUT2D eigenvalue weighted by molar-refractivity contribution is 6.01. The predicted octanol–water partition coefficient (Wildman–Crippen LogP) is 1.52. The van der Waals surface area contributed by atoms with Crippen molar-refractivity contribution in [2.75, 3.05) is 11.9 Å². The summed E-state index contributed by atoms with van der Waals surface area (Å²) in [6.45, 7) is 4.23. The number of hydrogen-bond acceptors (Lipinski definition) is 5. The van der Waals surface area contributed by atoms with Gasteiger partial charge in [-0.3, -0.25) is 18.7 Å². The minimum Gasteiger partial charge on any atom is -0.494 e. The van der Waals surface area contributed by atoms with E-state index in [1.807, 2.05) is 31.2 Å². The molecule has 0 saturated heterocycles. The average molecular weight is 382 g/mol. The summed E-state index contributed by atoms with van der Waals surface area (Å²) in [5, 5.41) is 3.03.